The zero-order valence-corrected chi connectivity index (χ0v) is 15.8. The average molecular weight is 373 g/mol. The summed E-state index contributed by atoms with van der Waals surface area (Å²) in [6.07, 6.45) is 5.04. The standard InChI is InChI=1S/C20H27N3O4/c1-3-6-14(4-2)18(24)21-10-5-11-23-12-9-15-7-8-16(19(25)22-27)13-17(15)20(23)26/h7-9,12-14,27H,3-6,10-11H2,1-2H3,(H,21,24)(H,22,25). The first-order chi connectivity index (χ1) is 13.0. The lowest BCUT2D eigenvalue weighted by Crippen LogP contribution is -2.32. The summed E-state index contributed by atoms with van der Waals surface area (Å²) in [6.45, 7) is 5.06. The number of aryl methyl sites for hydroxylation is 1. The van der Waals surface area contributed by atoms with E-state index in [9.17, 15) is 14.4 Å². The van der Waals surface area contributed by atoms with Gasteiger partial charge in [-0.1, -0.05) is 26.3 Å². The van der Waals surface area contributed by atoms with Crippen LogP contribution >= 0.6 is 0 Å². The number of rotatable bonds is 9. The van der Waals surface area contributed by atoms with Crippen LogP contribution < -0.4 is 16.4 Å². The third kappa shape index (κ3) is 5.17. The van der Waals surface area contributed by atoms with Crippen molar-refractivity contribution < 1.29 is 14.8 Å². The number of benzene rings is 1. The molecule has 0 aliphatic carbocycles. The molecular weight excluding hydrogens is 346 g/mol. The molecule has 0 radical (unpaired) electrons. The van der Waals surface area contributed by atoms with E-state index in [1.54, 1.807) is 28.4 Å². The van der Waals surface area contributed by atoms with Gasteiger partial charge in [0.2, 0.25) is 5.91 Å². The minimum absolute atomic E-state index is 0.0504. The number of nitrogens with zero attached hydrogens (tertiary/aromatic N) is 1. The fraction of sp³-hybridized carbons (Fsp3) is 0.450. The van der Waals surface area contributed by atoms with Gasteiger partial charge in [0.05, 0.1) is 0 Å². The van der Waals surface area contributed by atoms with Gasteiger partial charge in [0.15, 0.2) is 0 Å². The predicted molar refractivity (Wildman–Crippen MR) is 104 cm³/mol. The molecule has 2 rings (SSSR count). The number of hydroxylamine groups is 1. The summed E-state index contributed by atoms with van der Waals surface area (Å²) in [4.78, 5) is 36.3. The van der Waals surface area contributed by atoms with Gasteiger partial charge in [-0.05, 0) is 42.8 Å². The summed E-state index contributed by atoms with van der Waals surface area (Å²) < 4.78 is 1.57. The molecule has 7 nitrogen and oxygen atoms in total. The number of hydrogen-bond donors (Lipinski definition) is 3. The van der Waals surface area contributed by atoms with Crippen molar-refractivity contribution in [1.82, 2.24) is 15.4 Å². The summed E-state index contributed by atoms with van der Waals surface area (Å²) in [7, 11) is 0. The van der Waals surface area contributed by atoms with Gasteiger partial charge in [-0.15, -0.1) is 0 Å². The number of hydrogen-bond acceptors (Lipinski definition) is 4. The lowest BCUT2D eigenvalue weighted by molar-refractivity contribution is -0.125. The van der Waals surface area contributed by atoms with Crippen LogP contribution in [-0.4, -0.2) is 28.1 Å². The molecular formula is C20H27N3O4. The Morgan fingerprint density at radius 1 is 1.22 bits per heavy atom. The molecule has 0 saturated carbocycles. The normalized spacial score (nSPS) is 12.0. The Morgan fingerprint density at radius 3 is 2.67 bits per heavy atom. The van der Waals surface area contributed by atoms with Crippen LogP contribution in [0.25, 0.3) is 10.8 Å². The van der Waals surface area contributed by atoms with Crippen molar-refractivity contribution in [3.8, 4) is 0 Å². The molecule has 1 heterocycles. The van der Waals surface area contributed by atoms with E-state index in [2.05, 4.69) is 12.2 Å². The molecule has 0 bridgehead atoms. The van der Waals surface area contributed by atoms with Gasteiger partial charge < -0.3 is 9.88 Å². The van der Waals surface area contributed by atoms with Crippen molar-refractivity contribution in [1.29, 1.82) is 0 Å². The van der Waals surface area contributed by atoms with Crippen LogP contribution in [0, 0.1) is 5.92 Å². The lowest BCUT2D eigenvalue weighted by Gasteiger charge is -2.14. The average Bonchev–Trinajstić information content (AvgIpc) is 2.69. The van der Waals surface area contributed by atoms with Crippen molar-refractivity contribution in [2.24, 2.45) is 5.92 Å². The molecule has 1 unspecified atom stereocenters. The highest BCUT2D eigenvalue weighted by molar-refractivity contribution is 5.97. The van der Waals surface area contributed by atoms with E-state index < -0.39 is 5.91 Å². The van der Waals surface area contributed by atoms with Crippen molar-refractivity contribution in [3.63, 3.8) is 0 Å². The van der Waals surface area contributed by atoms with Crippen LogP contribution in [-0.2, 0) is 11.3 Å². The number of carbonyl (C=O) groups is 2. The topological polar surface area (TPSA) is 100 Å². The molecule has 3 N–H and O–H groups in total. The van der Waals surface area contributed by atoms with Crippen LogP contribution in [0.1, 0.15) is 49.9 Å². The van der Waals surface area contributed by atoms with E-state index in [0.29, 0.717) is 24.9 Å². The van der Waals surface area contributed by atoms with Gasteiger partial charge in [-0.3, -0.25) is 19.6 Å². The maximum Gasteiger partial charge on any atom is 0.274 e. The molecule has 146 valence electrons. The molecule has 7 heteroatoms. The fourth-order valence-electron chi connectivity index (χ4n) is 3.14. The summed E-state index contributed by atoms with van der Waals surface area (Å²) in [5.74, 6) is -0.536. The number of amides is 2. The lowest BCUT2D eigenvalue weighted by atomic mass is 10.00. The van der Waals surface area contributed by atoms with Crippen molar-refractivity contribution in [2.45, 2.75) is 46.1 Å². The van der Waals surface area contributed by atoms with Gasteiger partial charge in [-0.2, -0.15) is 0 Å². The zero-order valence-electron chi connectivity index (χ0n) is 15.8. The van der Waals surface area contributed by atoms with Crippen LogP contribution in [0.15, 0.2) is 35.3 Å². The van der Waals surface area contributed by atoms with Crippen molar-refractivity contribution >= 4 is 22.6 Å². The molecule has 1 atom stereocenters. The van der Waals surface area contributed by atoms with E-state index >= 15 is 0 Å². The summed E-state index contributed by atoms with van der Waals surface area (Å²) in [5, 5.41) is 12.8. The minimum atomic E-state index is -0.660. The van der Waals surface area contributed by atoms with Crippen molar-refractivity contribution in [2.75, 3.05) is 6.54 Å². The molecule has 2 aromatic rings. The second-order valence-corrected chi connectivity index (χ2v) is 6.60. The largest absolute Gasteiger partial charge is 0.356 e. The molecule has 27 heavy (non-hydrogen) atoms. The first-order valence-corrected chi connectivity index (χ1v) is 9.37. The molecule has 0 spiro atoms. The van der Waals surface area contributed by atoms with Gasteiger partial charge in [0, 0.05) is 36.2 Å². The maximum atomic E-state index is 12.6. The van der Waals surface area contributed by atoms with Crippen LogP contribution in [0.3, 0.4) is 0 Å². The third-order valence-electron chi connectivity index (χ3n) is 4.72. The molecule has 0 aliphatic heterocycles. The highest BCUT2D eigenvalue weighted by Crippen LogP contribution is 2.13. The Labute approximate surface area is 158 Å². The van der Waals surface area contributed by atoms with Gasteiger partial charge in [-0.25, -0.2) is 5.48 Å². The quantitative estimate of drug-likeness (QED) is 0.357. The number of fused-ring (bicyclic) bond motifs is 1. The number of carbonyl (C=O) groups excluding carboxylic acids is 2. The Balaban J connectivity index is 2.02. The molecule has 0 aliphatic rings. The Morgan fingerprint density at radius 2 is 2.00 bits per heavy atom. The molecule has 2 amide bonds. The Hall–Kier alpha value is -2.67. The van der Waals surface area contributed by atoms with Gasteiger partial charge >= 0.3 is 0 Å². The smallest absolute Gasteiger partial charge is 0.274 e. The predicted octanol–water partition coefficient (Wildman–Crippen LogP) is 2.45. The van der Waals surface area contributed by atoms with E-state index in [4.69, 9.17) is 5.21 Å². The fourth-order valence-corrected chi connectivity index (χ4v) is 3.14. The summed E-state index contributed by atoms with van der Waals surface area (Å²) in [6, 6.07) is 6.50. The molecule has 0 fully saturated rings. The number of pyridine rings is 1. The zero-order chi connectivity index (χ0) is 19.8. The highest BCUT2D eigenvalue weighted by atomic mass is 16.5. The Kier molecular flexibility index (Phi) is 7.55. The first kappa shape index (κ1) is 20.6. The second-order valence-electron chi connectivity index (χ2n) is 6.60. The van der Waals surface area contributed by atoms with Crippen LogP contribution in [0.5, 0.6) is 0 Å². The van der Waals surface area contributed by atoms with Gasteiger partial charge in [0.25, 0.3) is 11.5 Å². The van der Waals surface area contributed by atoms with Gasteiger partial charge in [0.1, 0.15) is 0 Å². The highest BCUT2D eigenvalue weighted by Gasteiger charge is 2.14. The minimum Gasteiger partial charge on any atom is -0.356 e. The van der Waals surface area contributed by atoms with E-state index in [-0.39, 0.29) is 22.9 Å². The number of aromatic nitrogens is 1. The Bertz CT molecular complexity index is 860. The van der Waals surface area contributed by atoms with Crippen molar-refractivity contribution in [3.05, 3.63) is 46.4 Å². The van der Waals surface area contributed by atoms with Crippen LogP contribution in [0.4, 0.5) is 0 Å². The third-order valence-corrected chi connectivity index (χ3v) is 4.72. The van der Waals surface area contributed by atoms with E-state index in [1.807, 2.05) is 13.0 Å². The monoisotopic (exact) mass is 373 g/mol. The molecule has 1 aromatic carbocycles. The molecule has 1 aromatic heterocycles. The second kappa shape index (κ2) is 9.87. The van der Waals surface area contributed by atoms with Crippen LogP contribution in [0.2, 0.25) is 0 Å². The van der Waals surface area contributed by atoms with E-state index in [1.165, 1.54) is 6.07 Å². The number of nitrogens with one attached hydrogen (secondary N) is 2. The van der Waals surface area contributed by atoms with E-state index in [0.717, 1.165) is 24.6 Å². The summed E-state index contributed by atoms with van der Waals surface area (Å²) >= 11 is 0. The first-order valence-electron chi connectivity index (χ1n) is 9.37. The SMILES string of the molecule is CCCC(CC)C(=O)NCCCn1ccc2ccc(C(=O)NO)cc2c1=O. The maximum absolute atomic E-state index is 12.6. The molecule has 0 saturated heterocycles. The summed E-state index contributed by atoms with van der Waals surface area (Å²) in [5.41, 5.74) is 1.58.